The zero-order valence-corrected chi connectivity index (χ0v) is 21.2. The highest BCUT2D eigenvalue weighted by molar-refractivity contribution is 6.87. The Hall–Kier alpha value is 0.491. The quantitative estimate of drug-likeness (QED) is 0.364. The number of likely N-dealkylation sites (N-methyl/N-ethyl adjacent to an activating group) is 1. The van der Waals surface area contributed by atoms with Crippen molar-refractivity contribution < 1.29 is 17.5 Å². The summed E-state index contributed by atoms with van der Waals surface area (Å²) in [6, 6.07) is 2.49. The van der Waals surface area contributed by atoms with Gasteiger partial charge in [-0.3, -0.25) is 0 Å². The third-order valence-electron chi connectivity index (χ3n) is 5.20. The van der Waals surface area contributed by atoms with E-state index in [9.17, 15) is 0 Å². The minimum absolute atomic E-state index is 0.916. The highest BCUT2D eigenvalue weighted by atomic mass is 28.5. The molecule has 150 valence electrons. The van der Waals surface area contributed by atoms with Crippen LogP contribution < -0.4 is 0 Å². The third kappa shape index (κ3) is 9.84. The van der Waals surface area contributed by atoms with Gasteiger partial charge in [0, 0.05) is 0 Å². The molecule has 7 heteroatoms. The molecule has 0 aromatic carbocycles. The summed E-state index contributed by atoms with van der Waals surface area (Å²) in [5, 5.41) is 0. The zero-order chi connectivity index (χ0) is 19.2. The van der Waals surface area contributed by atoms with Gasteiger partial charge in [0.1, 0.15) is 13.1 Å². The van der Waals surface area contributed by atoms with Crippen molar-refractivity contribution in [1.82, 2.24) is 0 Å². The van der Waals surface area contributed by atoms with Gasteiger partial charge in [0.15, 0.2) is 16.6 Å². The van der Waals surface area contributed by atoms with Gasteiger partial charge >= 0.3 is 8.56 Å². The Kier molecular flexibility index (Phi) is 9.05. The van der Waals surface area contributed by atoms with Crippen molar-refractivity contribution >= 4 is 25.2 Å². The molecule has 0 saturated carbocycles. The molecule has 0 bridgehead atoms. The molecular formula is C18H44NO3Si3+. The van der Waals surface area contributed by atoms with E-state index in [4.69, 9.17) is 13.0 Å². The third-order valence-corrected chi connectivity index (χ3v) is 16.7. The van der Waals surface area contributed by atoms with Gasteiger partial charge in [-0.25, -0.2) is 0 Å². The lowest BCUT2D eigenvalue weighted by molar-refractivity contribution is -0.916. The van der Waals surface area contributed by atoms with Gasteiger partial charge in [0.2, 0.25) is 0 Å². The summed E-state index contributed by atoms with van der Waals surface area (Å²) in [7, 11) is -2.91. The highest BCUT2D eigenvalue weighted by Gasteiger charge is 2.39. The van der Waals surface area contributed by atoms with Crippen LogP contribution in [0.5, 0.6) is 0 Å². The van der Waals surface area contributed by atoms with E-state index in [2.05, 4.69) is 53.3 Å². The van der Waals surface area contributed by atoms with E-state index >= 15 is 0 Å². The van der Waals surface area contributed by atoms with E-state index in [0.29, 0.717) is 0 Å². The monoisotopic (exact) mass is 406 g/mol. The zero-order valence-electron chi connectivity index (χ0n) is 18.2. The molecule has 0 aromatic rings. The van der Waals surface area contributed by atoms with Gasteiger partial charge in [0.05, 0.1) is 26.8 Å². The molecule has 0 N–H and O–H groups in total. The van der Waals surface area contributed by atoms with E-state index in [1.807, 2.05) is 0 Å². The van der Waals surface area contributed by atoms with Gasteiger partial charge in [-0.1, -0.05) is 19.8 Å². The van der Waals surface area contributed by atoms with E-state index in [-0.39, 0.29) is 0 Å². The van der Waals surface area contributed by atoms with E-state index in [0.717, 1.165) is 26.3 Å². The summed E-state index contributed by atoms with van der Waals surface area (Å²) < 4.78 is 20.1. The lowest BCUT2D eigenvalue weighted by atomic mass is 10.3. The van der Waals surface area contributed by atoms with Crippen molar-refractivity contribution in [3.05, 3.63) is 0 Å². The maximum Gasteiger partial charge on any atom is 0.311 e. The normalized spacial score (nSPS) is 19.2. The summed E-state index contributed by atoms with van der Waals surface area (Å²) >= 11 is 0. The van der Waals surface area contributed by atoms with Crippen LogP contribution in [0.2, 0.25) is 51.4 Å². The van der Waals surface area contributed by atoms with Crippen LogP contribution in [0.3, 0.4) is 0 Å². The Morgan fingerprint density at radius 1 is 0.840 bits per heavy atom. The SMILES string of the molecule is CCCC[Si](C)(C)O[Si](C)(C)O[Si](C)(C)CCC[N+]1(C)CCOCC1. The molecule has 25 heavy (non-hydrogen) atoms. The number of morpholine rings is 1. The van der Waals surface area contributed by atoms with Crippen LogP contribution >= 0.6 is 0 Å². The molecule has 0 aromatic heterocycles. The molecule has 0 atom stereocenters. The van der Waals surface area contributed by atoms with Gasteiger partial charge < -0.3 is 17.5 Å². The van der Waals surface area contributed by atoms with Crippen LogP contribution in [-0.4, -0.2) is 69.6 Å². The predicted octanol–water partition coefficient (Wildman–Crippen LogP) is 4.80. The topological polar surface area (TPSA) is 27.7 Å². The highest BCUT2D eigenvalue weighted by Crippen LogP contribution is 2.26. The standard InChI is InChI=1S/C18H44NO3Si3/c1-9-10-17-23(3,4)21-25(7,8)22-24(5,6)18-11-12-19(2)13-15-20-16-14-19/h9-18H2,1-8H3/q+1. The molecule has 0 unspecified atom stereocenters. The molecule has 1 aliphatic heterocycles. The van der Waals surface area contributed by atoms with Crippen molar-refractivity contribution in [3.63, 3.8) is 0 Å². The number of hydrogen-bond donors (Lipinski definition) is 0. The Morgan fingerprint density at radius 2 is 1.32 bits per heavy atom. The van der Waals surface area contributed by atoms with Crippen LogP contribution in [0.4, 0.5) is 0 Å². The van der Waals surface area contributed by atoms with Crippen molar-refractivity contribution in [2.75, 3.05) is 39.9 Å². The second-order valence-electron chi connectivity index (χ2n) is 9.73. The van der Waals surface area contributed by atoms with Crippen LogP contribution in [0.15, 0.2) is 0 Å². The molecule has 1 heterocycles. The predicted molar refractivity (Wildman–Crippen MR) is 115 cm³/mol. The second-order valence-corrected chi connectivity index (χ2v) is 22.2. The fraction of sp³-hybridized carbons (Fsp3) is 1.00. The number of unbranched alkanes of at least 4 members (excludes halogenated alkanes) is 1. The number of nitrogens with zero attached hydrogens (tertiary/aromatic N) is 1. The Labute approximate surface area is 160 Å². The smallest absolute Gasteiger partial charge is 0.311 e. The summed E-state index contributed by atoms with van der Waals surface area (Å²) in [6.45, 7) is 21.7. The van der Waals surface area contributed by atoms with E-state index < -0.39 is 25.2 Å². The summed E-state index contributed by atoms with van der Waals surface area (Å²) in [5.74, 6) is 0. The van der Waals surface area contributed by atoms with Crippen molar-refractivity contribution in [3.8, 4) is 0 Å². The van der Waals surface area contributed by atoms with Crippen LogP contribution in [0.25, 0.3) is 0 Å². The Morgan fingerprint density at radius 3 is 1.80 bits per heavy atom. The molecule has 0 radical (unpaired) electrons. The summed E-state index contributed by atoms with van der Waals surface area (Å²) in [4.78, 5) is 0. The van der Waals surface area contributed by atoms with Crippen LogP contribution in [-0.2, 0) is 13.0 Å². The average molecular weight is 407 g/mol. The van der Waals surface area contributed by atoms with Gasteiger partial charge in [-0.15, -0.1) is 0 Å². The fourth-order valence-corrected chi connectivity index (χ4v) is 18.2. The molecule has 0 aliphatic carbocycles. The lowest BCUT2D eigenvalue weighted by Gasteiger charge is -2.40. The van der Waals surface area contributed by atoms with Crippen molar-refractivity contribution in [2.24, 2.45) is 0 Å². The number of ether oxygens (including phenoxy) is 1. The number of rotatable bonds is 11. The maximum absolute atomic E-state index is 6.72. The molecule has 1 aliphatic rings. The molecule has 0 spiro atoms. The molecule has 1 rings (SSSR count). The Bertz CT molecular complexity index is 397. The van der Waals surface area contributed by atoms with Crippen LogP contribution in [0.1, 0.15) is 26.2 Å². The first kappa shape index (κ1) is 23.5. The molecular weight excluding hydrogens is 362 g/mol. The molecule has 1 fully saturated rings. The van der Waals surface area contributed by atoms with E-state index in [1.165, 1.54) is 42.4 Å². The molecule has 4 nitrogen and oxygen atoms in total. The van der Waals surface area contributed by atoms with Crippen LogP contribution in [0, 0.1) is 0 Å². The minimum Gasteiger partial charge on any atom is -0.437 e. The number of quaternary nitrogens is 1. The largest absolute Gasteiger partial charge is 0.437 e. The maximum atomic E-state index is 6.72. The first-order chi connectivity index (χ1) is 11.4. The summed E-state index contributed by atoms with van der Waals surface area (Å²) in [5.41, 5.74) is 0. The van der Waals surface area contributed by atoms with Gasteiger partial charge in [0.25, 0.3) is 0 Å². The fourth-order valence-electron chi connectivity index (χ4n) is 3.95. The van der Waals surface area contributed by atoms with Gasteiger partial charge in [-0.2, -0.15) is 0 Å². The Balaban J connectivity index is 2.45. The number of hydrogen-bond acceptors (Lipinski definition) is 3. The lowest BCUT2D eigenvalue weighted by Crippen LogP contribution is -2.54. The summed E-state index contributed by atoms with van der Waals surface area (Å²) in [6.07, 6.45) is 3.80. The average Bonchev–Trinajstić information content (AvgIpc) is 2.43. The minimum atomic E-state index is -2.03. The second kappa shape index (κ2) is 9.61. The first-order valence-electron chi connectivity index (χ1n) is 10.2. The molecule has 1 saturated heterocycles. The van der Waals surface area contributed by atoms with E-state index in [1.54, 1.807) is 0 Å². The first-order valence-corrected chi connectivity index (χ1v) is 19.3. The van der Waals surface area contributed by atoms with Gasteiger partial charge in [-0.05, 0) is 57.8 Å². The van der Waals surface area contributed by atoms with Crippen molar-refractivity contribution in [2.45, 2.75) is 77.6 Å². The van der Waals surface area contributed by atoms with Crippen molar-refractivity contribution in [1.29, 1.82) is 0 Å². The molecule has 0 amide bonds.